The van der Waals surface area contributed by atoms with Crippen LogP contribution in [0.2, 0.25) is 0 Å². The Bertz CT molecular complexity index is 178. The number of aliphatic hydroxyl groups excluding tert-OH is 2. The first-order valence-corrected chi connectivity index (χ1v) is 4.86. The van der Waals surface area contributed by atoms with Crippen LogP contribution in [0.15, 0.2) is 0 Å². The van der Waals surface area contributed by atoms with Crippen molar-refractivity contribution in [2.45, 2.75) is 25.2 Å². The molecule has 4 unspecified atom stereocenters. The van der Waals surface area contributed by atoms with Gasteiger partial charge in [-0.1, -0.05) is 6.92 Å². The Balaban J connectivity index is 1.95. The molecule has 0 bridgehead atoms. The van der Waals surface area contributed by atoms with Gasteiger partial charge >= 0.3 is 0 Å². The predicted molar refractivity (Wildman–Crippen MR) is 47.4 cm³/mol. The fourth-order valence-electron chi connectivity index (χ4n) is 2.14. The van der Waals surface area contributed by atoms with Gasteiger partial charge in [-0.05, 0) is 5.92 Å². The van der Waals surface area contributed by atoms with Crippen LogP contribution >= 0.6 is 0 Å². The molecule has 0 amide bonds. The van der Waals surface area contributed by atoms with E-state index in [1.165, 1.54) is 0 Å². The minimum atomic E-state index is -0.377. The number of ether oxygens (including phenoxy) is 1. The first-order chi connectivity index (χ1) is 6.18. The van der Waals surface area contributed by atoms with E-state index in [0.717, 1.165) is 6.54 Å². The molecule has 4 nitrogen and oxygen atoms in total. The maximum Gasteiger partial charge on any atom is 0.0950 e. The van der Waals surface area contributed by atoms with Gasteiger partial charge in [-0.15, -0.1) is 0 Å². The Morgan fingerprint density at radius 3 is 2.38 bits per heavy atom. The third-order valence-electron chi connectivity index (χ3n) is 3.09. The number of likely N-dealkylation sites (tertiary alicyclic amines) is 1. The summed E-state index contributed by atoms with van der Waals surface area (Å²) in [6, 6.07) is 0.0969. The summed E-state index contributed by atoms with van der Waals surface area (Å²) in [7, 11) is 0. The molecule has 4 heteroatoms. The van der Waals surface area contributed by atoms with Gasteiger partial charge in [0.1, 0.15) is 0 Å². The molecular formula is C9H17NO3. The van der Waals surface area contributed by atoms with Crippen molar-refractivity contribution in [1.82, 2.24) is 4.90 Å². The Labute approximate surface area is 78.1 Å². The van der Waals surface area contributed by atoms with Crippen molar-refractivity contribution >= 4 is 0 Å². The quantitative estimate of drug-likeness (QED) is 0.556. The summed E-state index contributed by atoms with van der Waals surface area (Å²) in [5, 5.41) is 19.1. The van der Waals surface area contributed by atoms with Gasteiger partial charge in [0.2, 0.25) is 0 Å². The molecule has 0 aliphatic carbocycles. The standard InChI is InChI=1S/C9H17NO3/c1-6-2-10(3-8(6)11)7-4-13-5-9(7)12/h6-9,11-12H,2-5H2,1H3. The zero-order chi connectivity index (χ0) is 9.42. The van der Waals surface area contributed by atoms with Gasteiger partial charge < -0.3 is 14.9 Å². The molecular weight excluding hydrogens is 170 g/mol. The maximum atomic E-state index is 9.57. The third kappa shape index (κ3) is 1.72. The first-order valence-electron chi connectivity index (χ1n) is 4.86. The topological polar surface area (TPSA) is 52.9 Å². The van der Waals surface area contributed by atoms with Gasteiger partial charge in [0.15, 0.2) is 0 Å². The molecule has 2 saturated heterocycles. The average molecular weight is 187 g/mol. The highest BCUT2D eigenvalue weighted by molar-refractivity contribution is 4.90. The highest BCUT2D eigenvalue weighted by atomic mass is 16.5. The summed E-state index contributed by atoms with van der Waals surface area (Å²) in [5.41, 5.74) is 0. The second-order valence-electron chi connectivity index (χ2n) is 4.17. The number of nitrogens with zero attached hydrogens (tertiary/aromatic N) is 1. The van der Waals surface area contributed by atoms with Crippen LogP contribution in [-0.4, -0.2) is 59.7 Å². The van der Waals surface area contributed by atoms with Gasteiger partial charge in [0.25, 0.3) is 0 Å². The number of hydrogen-bond acceptors (Lipinski definition) is 4. The smallest absolute Gasteiger partial charge is 0.0950 e. The van der Waals surface area contributed by atoms with E-state index in [4.69, 9.17) is 4.74 Å². The van der Waals surface area contributed by atoms with Crippen molar-refractivity contribution in [3.8, 4) is 0 Å². The molecule has 0 spiro atoms. The summed E-state index contributed by atoms with van der Waals surface area (Å²) >= 11 is 0. The summed E-state index contributed by atoms with van der Waals surface area (Å²) in [6.07, 6.45) is -0.620. The van der Waals surface area contributed by atoms with Crippen molar-refractivity contribution < 1.29 is 14.9 Å². The molecule has 2 N–H and O–H groups in total. The Kier molecular flexibility index (Phi) is 2.55. The molecule has 0 radical (unpaired) electrons. The van der Waals surface area contributed by atoms with E-state index in [9.17, 15) is 10.2 Å². The van der Waals surface area contributed by atoms with Gasteiger partial charge in [-0.25, -0.2) is 0 Å². The SMILES string of the molecule is CC1CN(C2COCC2O)CC1O. The fraction of sp³-hybridized carbons (Fsp3) is 1.00. The van der Waals surface area contributed by atoms with Crippen LogP contribution in [0, 0.1) is 5.92 Å². The summed E-state index contributed by atoms with van der Waals surface area (Å²) in [4.78, 5) is 2.13. The van der Waals surface area contributed by atoms with Crippen LogP contribution in [0.3, 0.4) is 0 Å². The molecule has 0 aromatic heterocycles. The molecule has 2 fully saturated rings. The van der Waals surface area contributed by atoms with Crippen LogP contribution in [0.25, 0.3) is 0 Å². The van der Waals surface area contributed by atoms with Crippen LogP contribution < -0.4 is 0 Å². The molecule has 13 heavy (non-hydrogen) atoms. The highest BCUT2D eigenvalue weighted by Gasteiger charge is 2.38. The van der Waals surface area contributed by atoms with E-state index >= 15 is 0 Å². The molecule has 0 saturated carbocycles. The molecule has 4 atom stereocenters. The number of β-amino-alcohol motifs (C(OH)–C–C–N with tert-alkyl or cyclic N) is 1. The van der Waals surface area contributed by atoms with Crippen LogP contribution in [0.1, 0.15) is 6.92 Å². The van der Waals surface area contributed by atoms with Crippen LogP contribution in [-0.2, 0) is 4.74 Å². The number of aliphatic hydroxyl groups is 2. The molecule has 2 aliphatic rings. The van der Waals surface area contributed by atoms with Gasteiger partial charge in [-0.2, -0.15) is 0 Å². The van der Waals surface area contributed by atoms with Crippen molar-refractivity contribution in [1.29, 1.82) is 0 Å². The molecule has 0 aromatic rings. The van der Waals surface area contributed by atoms with Gasteiger partial charge in [-0.3, -0.25) is 4.90 Å². The fourth-order valence-corrected chi connectivity index (χ4v) is 2.14. The predicted octanol–water partition coefficient (Wildman–Crippen LogP) is -0.941. The number of hydrogen-bond donors (Lipinski definition) is 2. The molecule has 0 aromatic carbocycles. The normalized spacial score (nSPS) is 47.3. The highest BCUT2D eigenvalue weighted by Crippen LogP contribution is 2.22. The van der Waals surface area contributed by atoms with Crippen LogP contribution in [0.4, 0.5) is 0 Å². The second kappa shape index (κ2) is 3.53. The van der Waals surface area contributed by atoms with Gasteiger partial charge in [0, 0.05) is 13.1 Å². The first kappa shape index (κ1) is 9.40. The van der Waals surface area contributed by atoms with E-state index in [2.05, 4.69) is 4.90 Å². The average Bonchev–Trinajstić information content (AvgIpc) is 2.60. The zero-order valence-corrected chi connectivity index (χ0v) is 7.89. The lowest BCUT2D eigenvalue weighted by Gasteiger charge is -2.24. The molecule has 2 heterocycles. The summed E-state index contributed by atoms with van der Waals surface area (Å²) in [6.45, 7) is 4.61. The summed E-state index contributed by atoms with van der Waals surface area (Å²) < 4.78 is 5.18. The van der Waals surface area contributed by atoms with E-state index in [1.807, 2.05) is 6.92 Å². The second-order valence-corrected chi connectivity index (χ2v) is 4.17. The van der Waals surface area contributed by atoms with Crippen molar-refractivity contribution in [2.24, 2.45) is 5.92 Å². The van der Waals surface area contributed by atoms with E-state index < -0.39 is 0 Å². The Morgan fingerprint density at radius 2 is 1.92 bits per heavy atom. The van der Waals surface area contributed by atoms with Crippen molar-refractivity contribution in [2.75, 3.05) is 26.3 Å². The summed E-state index contributed by atoms with van der Waals surface area (Å²) in [5.74, 6) is 0.313. The zero-order valence-electron chi connectivity index (χ0n) is 7.89. The lowest BCUT2D eigenvalue weighted by molar-refractivity contribution is 0.0851. The van der Waals surface area contributed by atoms with Crippen molar-refractivity contribution in [3.63, 3.8) is 0 Å². The van der Waals surface area contributed by atoms with Crippen LogP contribution in [0.5, 0.6) is 0 Å². The Morgan fingerprint density at radius 1 is 1.15 bits per heavy atom. The monoisotopic (exact) mass is 187 g/mol. The van der Waals surface area contributed by atoms with E-state index in [0.29, 0.717) is 25.7 Å². The third-order valence-corrected chi connectivity index (χ3v) is 3.09. The van der Waals surface area contributed by atoms with E-state index in [-0.39, 0.29) is 18.2 Å². The Hall–Kier alpha value is -0.160. The molecule has 76 valence electrons. The van der Waals surface area contributed by atoms with Crippen molar-refractivity contribution in [3.05, 3.63) is 0 Å². The van der Waals surface area contributed by atoms with E-state index in [1.54, 1.807) is 0 Å². The lowest BCUT2D eigenvalue weighted by Crippen LogP contribution is -2.42. The lowest BCUT2D eigenvalue weighted by atomic mass is 10.1. The minimum absolute atomic E-state index is 0.0969. The molecule has 2 aliphatic heterocycles. The number of rotatable bonds is 1. The maximum absolute atomic E-state index is 9.57. The minimum Gasteiger partial charge on any atom is -0.391 e. The van der Waals surface area contributed by atoms with Gasteiger partial charge in [0.05, 0.1) is 31.5 Å². The molecule has 2 rings (SSSR count). The largest absolute Gasteiger partial charge is 0.391 e.